The molecule has 0 saturated carbocycles. The van der Waals surface area contributed by atoms with E-state index in [9.17, 15) is 9.18 Å². The highest BCUT2D eigenvalue weighted by atomic mass is 19.1. The Hall–Kier alpha value is -3.91. The van der Waals surface area contributed by atoms with E-state index in [0.29, 0.717) is 23.5 Å². The molecule has 0 aliphatic rings. The molecule has 0 atom stereocenters. The molecule has 0 aliphatic heterocycles. The van der Waals surface area contributed by atoms with Crippen LogP contribution in [0.15, 0.2) is 67.4 Å². The van der Waals surface area contributed by atoms with Crippen LogP contribution in [0.3, 0.4) is 0 Å². The third kappa shape index (κ3) is 4.34. The number of nitrogens with one attached hydrogen (secondary N) is 1. The minimum Gasteiger partial charge on any atom is -0.381 e. The van der Waals surface area contributed by atoms with Gasteiger partial charge in [0.1, 0.15) is 5.65 Å². The first-order valence-corrected chi connectivity index (χ1v) is 9.54. The quantitative estimate of drug-likeness (QED) is 0.379. The monoisotopic (exact) mass is 417 g/mol. The number of ether oxygens (including phenoxy) is 1. The molecule has 4 aromatic rings. The fourth-order valence-electron chi connectivity index (χ4n) is 3.22. The van der Waals surface area contributed by atoms with Crippen LogP contribution in [0, 0.1) is 5.95 Å². The van der Waals surface area contributed by atoms with Crippen molar-refractivity contribution in [3.05, 3.63) is 73.3 Å². The van der Waals surface area contributed by atoms with Crippen molar-refractivity contribution in [1.82, 2.24) is 19.9 Å². The van der Waals surface area contributed by atoms with Gasteiger partial charge in [0.25, 0.3) is 5.91 Å². The first-order valence-electron chi connectivity index (χ1n) is 9.54. The van der Waals surface area contributed by atoms with Crippen molar-refractivity contribution >= 4 is 22.6 Å². The maximum atomic E-state index is 13.6. The zero-order valence-corrected chi connectivity index (χ0v) is 17.0. The number of aromatic amines is 1. The molecule has 1 amide bonds. The van der Waals surface area contributed by atoms with Gasteiger partial charge in [0, 0.05) is 73.2 Å². The number of methoxy groups -OCH3 is 1. The summed E-state index contributed by atoms with van der Waals surface area (Å²) < 4.78 is 18.5. The largest absolute Gasteiger partial charge is 0.381 e. The maximum Gasteiger partial charge on any atom is 0.250 e. The molecule has 0 fully saturated rings. The molecule has 4 rings (SSSR count). The van der Waals surface area contributed by atoms with Crippen molar-refractivity contribution in [3.8, 4) is 22.3 Å². The first-order chi connectivity index (χ1) is 15.1. The minimum atomic E-state index is -0.542. The predicted molar refractivity (Wildman–Crippen MR) is 117 cm³/mol. The highest BCUT2D eigenvalue weighted by Gasteiger charge is 2.13. The highest BCUT2D eigenvalue weighted by Crippen LogP contribution is 2.31. The number of hydrogen-bond acceptors (Lipinski definition) is 5. The number of fused-ring (bicyclic) bond motifs is 1. The number of halogens is 1. The average Bonchev–Trinajstić information content (AvgIpc) is 3.22. The molecular weight excluding hydrogens is 397 g/mol. The third-order valence-electron chi connectivity index (χ3n) is 4.87. The molecule has 156 valence electrons. The van der Waals surface area contributed by atoms with Crippen molar-refractivity contribution in [1.29, 1.82) is 0 Å². The number of rotatable bonds is 6. The Labute approximate surface area is 178 Å². The van der Waals surface area contributed by atoms with E-state index in [-0.39, 0.29) is 5.91 Å². The van der Waals surface area contributed by atoms with Gasteiger partial charge in [-0.2, -0.15) is 4.39 Å². The van der Waals surface area contributed by atoms with Crippen molar-refractivity contribution < 1.29 is 13.9 Å². The van der Waals surface area contributed by atoms with Gasteiger partial charge < -0.3 is 14.6 Å². The Morgan fingerprint density at radius 2 is 2.00 bits per heavy atom. The smallest absolute Gasteiger partial charge is 0.250 e. The number of nitrogens with zero attached hydrogens (tertiary/aromatic N) is 4. The number of carbonyl (C=O) groups is 1. The van der Waals surface area contributed by atoms with Crippen LogP contribution < -0.4 is 4.90 Å². The van der Waals surface area contributed by atoms with E-state index in [1.165, 1.54) is 23.2 Å². The molecule has 8 heteroatoms. The molecule has 1 N–H and O–H groups in total. The maximum absolute atomic E-state index is 13.6. The molecule has 0 aromatic carbocycles. The Morgan fingerprint density at radius 1 is 1.16 bits per heavy atom. The van der Waals surface area contributed by atoms with Crippen LogP contribution in [0.1, 0.15) is 0 Å². The molecule has 0 saturated heterocycles. The molecule has 0 unspecified atom stereocenters. The van der Waals surface area contributed by atoms with Gasteiger partial charge in [-0.05, 0) is 23.8 Å². The molecule has 0 radical (unpaired) electrons. The van der Waals surface area contributed by atoms with Crippen LogP contribution >= 0.6 is 0 Å². The number of carbonyl (C=O) groups excluding carboxylic acids is 1. The second kappa shape index (κ2) is 8.85. The van der Waals surface area contributed by atoms with Crippen molar-refractivity contribution in [2.24, 2.45) is 0 Å². The molecule has 4 heterocycles. The molecule has 7 nitrogen and oxygen atoms in total. The molecule has 0 aliphatic carbocycles. The lowest BCUT2D eigenvalue weighted by Gasteiger charge is -2.16. The summed E-state index contributed by atoms with van der Waals surface area (Å²) in [6, 6.07) is 6.97. The van der Waals surface area contributed by atoms with Crippen LogP contribution in [-0.4, -0.2) is 46.6 Å². The lowest BCUT2D eigenvalue weighted by Crippen LogP contribution is -2.24. The Bertz CT molecular complexity index is 1270. The van der Waals surface area contributed by atoms with E-state index in [2.05, 4.69) is 19.9 Å². The van der Waals surface area contributed by atoms with E-state index < -0.39 is 5.95 Å². The summed E-state index contributed by atoms with van der Waals surface area (Å²) in [6.45, 7) is 0.365. The van der Waals surface area contributed by atoms with Gasteiger partial charge in [0.2, 0.25) is 5.95 Å². The molecule has 4 aromatic heterocycles. The summed E-state index contributed by atoms with van der Waals surface area (Å²) in [5.74, 6) is -0.725. The fraction of sp³-hybridized carbons (Fsp3) is 0.130. The topological polar surface area (TPSA) is 84.0 Å². The van der Waals surface area contributed by atoms with Gasteiger partial charge in [0.05, 0.1) is 18.5 Å². The average molecular weight is 417 g/mol. The lowest BCUT2D eigenvalue weighted by atomic mass is 10.0. The lowest BCUT2D eigenvalue weighted by molar-refractivity contribution is -0.113. The summed E-state index contributed by atoms with van der Waals surface area (Å²) in [7, 11) is 3.25. The predicted octanol–water partition coefficient (Wildman–Crippen LogP) is 3.99. The molecule has 0 bridgehead atoms. The number of pyridine rings is 3. The van der Waals surface area contributed by atoms with Crippen LogP contribution in [0.4, 0.5) is 10.1 Å². The number of H-pyrrole nitrogens is 1. The van der Waals surface area contributed by atoms with Crippen LogP contribution in [0.25, 0.3) is 33.3 Å². The summed E-state index contributed by atoms with van der Waals surface area (Å²) in [5.41, 5.74) is 4.50. The molecule has 0 spiro atoms. The standard InChI is InChI=1S/C23H20FN5O2/c1-29(22(30)4-3-7-31-2)18-8-16(11-25-13-18)17-9-19-20(14-28-23(19)27-12-17)15-5-6-26-21(24)10-15/h3-6,8-14H,7H2,1-2H3,(H,27,28)/b4-3+. The van der Waals surface area contributed by atoms with Crippen molar-refractivity contribution in [3.63, 3.8) is 0 Å². The summed E-state index contributed by atoms with van der Waals surface area (Å²) >= 11 is 0. The first kappa shape index (κ1) is 20.4. The normalized spacial score (nSPS) is 11.3. The van der Waals surface area contributed by atoms with Crippen LogP contribution in [0.5, 0.6) is 0 Å². The Balaban J connectivity index is 1.68. The zero-order chi connectivity index (χ0) is 21.8. The van der Waals surface area contributed by atoms with Gasteiger partial charge in [-0.15, -0.1) is 0 Å². The van der Waals surface area contributed by atoms with E-state index in [4.69, 9.17) is 4.74 Å². The van der Waals surface area contributed by atoms with E-state index in [1.54, 1.807) is 51.1 Å². The van der Waals surface area contributed by atoms with Gasteiger partial charge in [-0.25, -0.2) is 9.97 Å². The van der Waals surface area contributed by atoms with E-state index in [0.717, 1.165) is 22.1 Å². The van der Waals surface area contributed by atoms with Crippen molar-refractivity contribution in [2.75, 3.05) is 25.7 Å². The van der Waals surface area contributed by atoms with Gasteiger partial charge >= 0.3 is 0 Å². The number of aromatic nitrogens is 4. The summed E-state index contributed by atoms with van der Waals surface area (Å²) in [5, 5.41) is 0.848. The highest BCUT2D eigenvalue weighted by molar-refractivity contribution is 6.01. The molecule has 31 heavy (non-hydrogen) atoms. The minimum absolute atomic E-state index is 0.183. The van der Waals surface area contributed by atoms with Gasteiger partial charge in [-0.1, -0.05) is 6.08 Å². The number of amides is 1. The molecular formula is C23H20FN5O2. The Kier molecular flexibility index (Phi) is 5.81. The number of anilines is 1. The van der Waals surface area contributed by atoms with E-state index >= 15 is 0 Å². The van der Waals surface area contributed by atoms with Crippen molar-refractivity contribution in [2.45, 2.75) is 0 Å². The number of likely N-dealkylation sites (N-methyl/N-ethyl adjacent to an activating group) is 1. The van der Waals surface area contributed by atoms with Crippen LogP contribution in [0.2, 0.25) is 0 Å². The Morgan fingerprint density at radius 3 is 2.81 bits per heavy atom. The van der Waals surface area contributed by atoms with Crippen LogP contribution in [-0.2, 0) is 9.53 Å². The van der Waals surface area contributed by atoms with E-state index in [1.807, 2.05) is 12.1 Å². The zero-order valence-electron chi connectivity index (χ0n) is 17.0. The number of hydrogen-bond donors (Lipinski definition) is 1. The van der Waals surface area contributed by atoms with Gasteiger partial charge in [-0.3, -0.25) is 9.78 Å². The van der Waals surface area contributed by atoms with Gasteiger partial charge in [0.15, 0.2) is 0 Å². The SMILES string of the molecule is COC/C=C/C(=O)N(C)c1cncc(-c2cnc3[nH]cc(-c4ccnc(F)c4)c3c2)c1. The second-order valence-corrected chi connectivity index (χ2v) is 6.88. The second-order valence-electron chi connectivity index (χ2n) is 6.88. The third-order valence-corrected chi connectivity index (χ3v) is 4.87. The summed E-state index contributed by atoms with van der Waals surface area (Å²) in [4.78, 5) is 29.3. The summed E-state index contributed by atoms with van der Waals surface area (Å²) in [6.07, 6.45) is 11.4. The fourth-order valence-corrected chi connectivity index (χ4v) is 3.22.